The molecule has 1 rings (SSSR count). The van der Waals surface area contributed by atoms with Crippen molar-refractivity contribution in [1.29, 1.82) is 0 Å². The molecule has 0 amide bonds. The maximum atomic E-state index is 13.6. The van der Waals surface area contributed by atoms with E-state index in [-0.39, 0.29) is 0 Å². The first kappa shape index (κ1) is 12.8. The van der Waals surface area contributed by atoms with E-state index in [1.165, 1.54) is 6.20 Å². The molecule has 16 heavy (non-hydrogen) atoms. The predicted molar refractivity (Wildman–Crippen MR) is 62.6 cm³/mol. The Balaban J connectivity index is 3.31. The number of aliphatic hydroxyl groups is 1. The normalized spacial score (nSPS) is 11.5. The van der Waals surface area contributed by atoms with Crippen LogP contribution in [0.3, 0.4) is 0 Å². The lowest BCUT2D eigenvalue weighted by Gasteiger charge is -2.28. The molecule has 2 nitrogen and oxygen atoms in total. The lowest BCUT2D eigenvalue weighted by atomic mass is 9.85. The van der Waals surface area contributed by atoms with Crippen LogP contribution in [0.15, 0.2) is 24.9 Å². The zero-order valence-corrected chi connectivity index (χ0v) is 9.83. The van der Waals surface area contributed by atoms with Gasteiger partial charge in [-0.2, -0.15) is 4.39 Å². The van der Waals surface area contributed by atoms with Gasteiger partial charge in [0.05, 0.1) is 5.60 Å². The molecule has 0 aliphatic carbocycles. The molecule has 88 valence electrons. The quantitative estimate of drug-likeness (QED) is 0.615. The van der Waals surface area contributed by atoms with Crippen molar-refractivity contribution in [3.63, 3.8) is 0 Å². The second-order valence-corrected chi connectivity index (χ2v) is 3.86. The molecule has 1 N–H and O–H groups in total. The van der Waals surface area contributed by atoms with Crippen LogP contribution >= 0.6 is 0 Å². The Morgan fingerprint density at radius 3 is 2.62 bits per heavy atom. The molecular formula is C13H18FNO. The summed E-state index contributed by atoms with van der Waals surface area (Å²) in [6.45, 7) is 7.37. The van der Waals surface area contributed by atoms with Gasteiger partial charge < -0.3 is 5.11 Å². The zero-order chi connectivity index (χ0) is 12.2. The van der Waals surface area contributed by atoms with Gasteiger partial charge in [0.1, 0.15) is 0 Å². The predicted octanol–water partition coefficient (Wildman–Crippen LogP) is 2.96. The molecule has 3 heteroatoms. The van der Waals surface area contributed by atoms with Crippen LogP contribution in [-0.2, 0) is 12.0 Å². The van der Waals surface area contributed by atoms with Crippen LogP contribution < -0.4 is 0 Å². The van der Waals surface area contributed by atoms with Crippen molar-refractivity contribution in [2.24, 2.45) is 0 Å². The summed E-state index contributed by atoms with van der Waals surface area (Å²) in [5, 5.41) is 10.4. The third-order valence-corrected chi connectivity index (χ3v) is 3.02. The minimum atomic E-state index is -0.970. The second kappa shape index (κ2) is 5.21. The van der Waals surface area contributed by atoms with Crippen molar-refractivity contribution in [3.05, 3.63) is 42.0 Å². The van der Waals surface area contributed by atoms with Gasteiger partial charge in [-0.1, -0.05) is 19.9 Å². The van der Waals surface area contributed by atoms with Gasteiger partial charge in [0.15, 0.2) is 0 Å². The topological polar surface area (TPSA) is 33.1 Å². The summed E-state index contributed by atoms with van der Waals surface area (Å²) >= 11 is 0. The van der Waals surface area contributed by atoms with E-state index in [1.807, 2.05) is 13.8 Å². The van der Waals surface area contributed by atoms with Crippen LogP contribution in [-0.4, -0.2) is 10.1 Å². The number of aromatic nitrogens is 1. The van der Waals surface area contributed by atoms with E-state index in [4.69, 9.17) is 0 Å². The Morgan fingerprint density at radius 2 is 2.12 bits per heavy atom. The van der Waals surface area contributed by atoms with Crippen LogP contribution in [0.4, 0.5) is 4.39 Å². The van der Waals surface area contributed by atoms with E-state index < -0.39 is 11.5 Å². The summed E-state index contributed by atoms with van der Waals surface area (Å²) in [6.07, 6.45) is 4.51. The molecule has 0 aromatic carbocycles. The summed E-state index contributed by atoms with van der Waals surface area (Å²) in [5.74, 6) is -0.516. The van der Waals surface area contributed by atoms with E-state index in [0.29, 0.717) is 30.4 Å². The highest BCUT2D eigenvalue weighted by atomic mass is 19.1. The highest BCUT2D eigenvalue weighted by Gasteiger charge is 2.28. The molecule has 0 aliphatic rings. The highest BCUT2D eigenvalue weighted by Crippen LogP contribution is 2.31. The number of hydrogen-bond donors (Lipinski definition) is 1. The molecule has 0 aliphatic heterocycles. The number of halogens is 1. The van der Waals surface area contributed by atoms with Crippen LogP contribution in [0.25, 0.3) is 0 Å². The van der Waals surface area contributed by atoms with E-state index in [0.717, 1.165) is 0 Å². The number of nitrogens with zero attached hydrogens (tertiary/aromatic N) is 1. The first-order chi connectivity index (χ1) is 7.59. The Labute approximate surface area is 95.8 Å². The molecule has 0 atom stereocenters. The lowest BCUT2D eigenvalue weighted by molar-refractivity contribution is 0.0271. The summed E-state index contributed by atoms with van der Waals surface area (Å²) in [7, 11) is 0. The van der Waals surface area contributed by atoms with Gasteiger partial charge in [0, 0.05) is 11.8 Å². The molecule has 0 bridgehead atoms. The molecule has 0 saturated heterocycles. The summed E-state index contributed by atoms with van der Waals surface area (Å²) in [4.78, 5) is 3.61. The average Bonchev–Trinajstić information content (AvgIpc) is 2.31. The number of allylic oxidation sites excluding steroid dienone is 1. The van der Waals surface area contributed by atoms with Gasteiger partial charge >= 0.3 is 0 Å². The molecule has 0 saturated carbocycles. The van der Waals surface area contributed by atoms with Gasteiger partial charge in [-0.3, -0.25) is 0 Å². The summed E-state index contributed by atoms with van der Waals surface area (Å²) in [6, 6.07) is 1.69. The molecule has 0 spiro atoms. The molecule has 1 aromatic heterocycles. The van der Waals surface area contributed by atoms with Crippen molar-refractivity contribution in [1.82, 2.24) is 4.98 Å². The minimum absolute atomic E-state index is 0.386. The Morgan fingerprint density at radius 1 is 1.50 bits per heavy atom. The van der Waals surface area contributed by atoms with E-state index in [1.54, 1.807) is 12.1 Å². The molecule has 0 radical (unpaired) electrons. The average molecular weight is 223 g/mol. The van der Waals surface area contributed by atoms with Gasteiger partial charge in [0.2, 0.25) is 5.95 Å². The Hall–Kier alpha value is -1.22. The van der Waals surface area contributed by atoms with E-state index >= 15 is 0 Å². The fraction of sp³-hybridized carbons (Fsp3) is 0.462. The highest BCUT2D eigenvalue weighted by molar-refractivity contribution is 5.31. The van der Waals surface area contributed by atoms with Crippen molar-refractivity contribution in [3.8, 4) is 0 Å². The molecule has 1 aromatic rings. The van der Waals surface area contributed by atoms with E-state index in [9.17, 15) is 9.50 Å². The Kier molecular flexibility index (Phi) is 4.19. The van der Waals surface area contributed by atoms with Crippen molar-refractivity contribution in [2.75, 3.05) is 0 Å². The van der Waals surface area contributed by atoms with Crippen LogP contribution in [0, 0.1) is 5.95 Å². The first-order valence-electron chi connectivity index (χ1n) is 5.56. The zero-order valence-electron chi connectivity index (χ0n) is 9.83. The van der Waals surface area contributed by atoms with Gasteiger partial charge in [-0.05, 0) is 30.9 Å². The van der Waals surface area contributed by atoms with Crippen molar-refractivity contribution < 1.29 is 9.50 Å². The molecule has 0 fully saturated rings. The lowest BCUT2D eigenvalue weighted by Crippen LogP contribution is -2.26. The SMILES string of the molecule is C=CCc1c(C(O)(CC)CC)ccnc1F. The fourth-order valence-corrected chi connectivity index (χ4v) is 1.87. The van der Waals surface area contributed by atoms with E-state index in [2.05, 4.69) is 11.6 Å². The first-order valence-corrected chi connectivity index (χ1v) is 5.56. The van der Waals surface area contributed by atoms with Crippen LogP contribution in [0.1, 0.15) is 37.8 Å². The molecule has 1 heterocycles. The largest absolute Gasteiger partial charge is 0.385 e. The van der Waals surface area contributed by atoms with Crippen molar-refractivity contribution >= 4 is 0 Å². The smallest absolute Gasteiger partial charge is 0.216 e. The maximum Gasteiger partial charge on any atom is 0.216 e. The molecule has 0 unspecified atom stereocenters. The monoisotopic (exact) mass is 223 g/mol. The third kappa shape index (κ3) is 2.30. The minimum Gasteiger partial charge on any atom is -0.385 e. The second-order valence-electron chi connectivity index (χ2n) is 3.86. The number of pyridine rings is 1. The standard InChI is InChI=1S/C13H18FNO/c1-4-7-10-11(8-9-15-12(10)14)13(16,5-2)6-3/h4,8-9,16H,1,5-7H2,2-3H3. The summed E-state index contributed by atoms with van der Waals surface area (Å²) in [5.41, 5.74) is 0.107. The van der Waals surface area contributed by atoms with Crippen molar-refractivity contribution in [2.45, 2.75) is 38.7 Å². The summed E-state index contributed by atoms with van der Waals surface area (Å²) < 4.78 is 13.6. The maximum absolute atomic E-state index is 13.6. The third-order valence-electron chi connectivity index (χ3n) is 3.02. The number of hydrogen-bond acceptors (Lipinski definition) is 2. The van der Waals surface area contributed by atoms with Gasteiger partial charge in [-0.15, -0.1) is 6.58 Å². The van der Waals surface area contributed by atoms with Gasteiger partial charge in [-0.25, -0.2) is 4.98 Å². The van der Waals surface area contributed by atoms with Gasteiger partial charge in [0.25, 0.3) is 0 Å². The number of rotatable bonds is 5. The van der Waals surface area contributed by atoms with Crippen LogP contribution in [0.5, 0.6) is 0 Å². The molecular weight excluding hydrogens is 205 g/mol. The van der Waals surface area contributed by atoms with Crippen LogP contribution in [0.2, 0.25) is 0 Å². The Bertz CT molecular complexity index is 372. The fourth-order valence-electron chi connectivity index (χ4n) is 1.87.